The van der Waals surface area contributed by atoms with Gasteiger partial charge in [0.15, 0.2) is 6.61 Å². The monoisotopic (exact) mass is 458 g/mol. The van der Waals surface area contributed by atoms with Crippen LogP contribution < -0.4 is 10.9 Å². The number of hydrazine groups is 1. The van der Waals surface area contributed by atoms with Crippen molar-refractivity contribution in [1.29, 1.82) is 0 Å². The molecule has 0 unspecified atom stereocenters. The first-order chi connectivity index (χ1) is 14.9. The summed E-state index contributed by atoms with van der Waals surface area (Å²) in [7, 11) is 0. The Kier molecular flexibility index (Phi) is 7.53. The molecule has 9 heteroatoms. The van der Waals surface area contributed by atoms with Crippen molar-refractivity contribution in [3.63, 3.8) is 0 Å². The molecule has 158 valence electrons. The van der Waals surface area contributed by atoms with E-state index in [0.29, 0.717) is 21.0 Å². The predicted octanol–water partition coefficient (Wildman–Crippen LogP) is 4.09. The minimum absolute atomic E-state index is 0.123. The van der Waals surface area contributed by atoms with Crippen LogP contribution in [0.1, 0.15) is 20.8 Å². The van der Waals surface area contributed by atoms with E-state index in [4.69, 9.17) is 16.3 Å². The highest BCUT2D eigenvalue weighted by molar-refractivity contribution is 7.12. The van der Waals surface area contributed by atoms with Crippen LogP contribution in [-0.4, -0.2) is 24.4 Å². The summed E-state index contributed by atoms with van der Waals surface area (Å²) in [6.45, 7) is -0.622. The molecule has 1 heterocycles. The SMILES string of the molecule is O=C(COC(=O)/C(=C/c1ccc(Cl)cc1)c1ccc(F)cc1)NNC(=O)c1cccs1. The number of thiophene rings is 1. The average Bonchev–Trinajstić information content (AvgIpc) is 3.31. The molecule has 2 amide bonds. The van der Waals surface area contributed by atoms with Crippen LogP contribution in [0.15, 0.2) is 66.0 Å². The van der Waals surface area contributed by atoms with Crippen LogP contribution in [0, 0.1) is 5.82 Å². The largest absolute Gasteiger partial charge is 0.452 e. The Morgan fingerprint density at radius 1 is 1.00 bits per heavy atom. The third-order valence-corrected chi connectivity index (χ3v) is 5.07. The molecular weight excluding hydrogens is 443 g/mol. The maximum atomic E-state index is 13.3. The van der Waals surface area contributed by atoms with Gasteiger partial charge in [0.25, 0.3) is 11.8 Å². The fourth-order valence-electron chi connectivity index (χ4n) is 2.46. The Morgan fingerprint density at radius 2 is 1.71 bits per heavy atom. The number of amides is 2. The average molecular weight is 459 g/mol. The third kappa shape index (κ3) is 6.50. The van der Waals surface area contributed by atoms with E-state index in [0.717, 1.165) is 0 Å². The third-order valence-electron chi connectivity index (χ3n) is 3.95. The zero-order valence-electron chi connectivity index (χ0n) is 15.9. The molecule has 0 fully saturated rings. The van der Waals surface area contributed by atoms with Crippen molar-refractivity contribution in [2.24, 2.45) is 0 Å². The molecule has 2 N–H and O–H groups in total. The van der Waals surface area contributed by atoms with Gasteiger partial charge in [0.1, 0.15) is 5.82 Å². The van der Waals surface area contributed by atoms with Crippen LogP contribution in [0.25, 0.3) is 11.6 Å². The lowest BCUT2D eigenvalue weighted by Gasteiger charge is -2.10. The Balaban J connectivity index is 1.66. The summed E-state index contributed by atoms with van der Waals surface area (Å²) < 4.78 is 18.4. The van der Waals surface area contributed by atoms with E-state index < -0.39 is 30.2 Å². The number of carbonyl (C=O) groups is 3. The second-order valence-corrected chi connectivity index (χ2v) is 7.56. The number of hydrogen-bond donors (Lipinski definition) is 2. The van der Waals surface area contributed by atoms with Gasteiger partial charge in [-0.3, -0.25) is 20.4 Å². The number of nitrogens with one attached hydrogen (secondary N) is 2. The van der Waals surface area contributed by atoms with Crippen molar-refractivity contribution >= 4 is 52.4 Å². The van der Waals surface area contributed by atoms with E-state index in [1.54, 1.807) is 47.9 Å². The van der Waals surface area contributed by atoms with Crippen LogP contribution >= 0.6 is 22.9 Å². The van der Waals surface area contributed by atoms with Crippen LogP contribution in [-0.2, 0) is 14.3 Å². The highest BCUT2D eigenvalue weighted by Crippen LogP contribution is 2.21. The van der Waals surface area contributed by atoms with Gasteiger partial charge in [-0.15, -0.1) is 11.3 Å². The first kappa shape index (κ1) is 22.2. The molecule has 0 bridgehead atoms. The molecule has 0 radical (unpaired) electrons. The van der Waals surface area contributed by atoms with Crippen molar-refractivity contribution in [3.8, 4) is 0 Å². The minimum Gasteiger partial charge on any atom is -0.452 e. The maximum absolute atomic E-state index is 13.3. The van der Waals surface area contributed by atoms with Gasteiger partial charge in [0, 0.05) is 5.02 Å². The molecule has 0 aliphatic rings. The zero-order valence-corrected chi connectivity index (χ0v) is 17.5. The van der Waals surface area contributed by atoms with Gasteiger partial charge in [-0.25, -0.2) is 9.18 Å². The second kappa shape index (κ2) is 10.5. The number of rotatable bonds is 6. The van der Waals surface area contributed by atoms with Gasteiger partial charge in [-0.2, -0.15) is 0 Å². The molecule has 6 nitrogen and oxygen atoms in total. The van der Waals surface area contributed by atoms with E-state index >= 15 is 0 Å². The van der Waals surface area contributed by atoms with E-state index in [9.17, 15) is 18.8 Å². The van der Waals surface area contributed by atoms with Crippen LogP contribution in [0.4, 0.5) is 4.39 Å². The van der Waals surface area contributed by atoms with Gasteiger partial charge in [0.05, 0.1) is 10.5 Å². The molecule has 1 aromatic heterocycles. The zero-order chi connectivity index (χ0) is 22.2. The molecule has 0 spiro atoms. The standard InChI is InChI=1S/C22H16ClFN2O4S/c23-16-7-3-14(4-8-16)12-18(15-5-9-17(24)10-6-15)22(29)30-13-20(27)25-26-21(28)19-2-1-11-31-19/h1-12H,13H2,(H,25,27)(H,26,28)/b18-12+. The van der Waals surface area contributed by atoms with E-state index in [1.165, 1.54) is 35.6 Å². The fourth-order valence-corrected chi connectivity index (χ4v) is 3.20. The molecular formula is C22H16ClFN2O4S. The van der Waals surface area contributed by atoms with Gasteiger partial charge in [-0.1, -0.05) is 41.9 Å². The molecule has 3 aromatic rings. The quantitative estimate of drug-likeness (QED) is 0.252. The summed E-state index contributed by atoms with van der Waals surface area (Å²) in [6, 6.07) is 15.3. The molecule has 0 saturated heterocycles. The summed E-state index contributed by atoms with van der Waals surface area (Å²) in [4.78, 5) is 36.8. The van der Waals surface area contributed by atoms with Gasteiger partial charge >= 0.3 is 5.97 Å². The van der Waals surface area contributed by atoms with E-state index in [-0.39, 0.29) is 5.57 Å². The first-order valence-electron chi connectivity index (χ1n) is 8.95. The molecule has 0 aliphatic heterocycles. The maximum Gasteiger partial charge on any atom is 0.339 e. The van der Waals surface area contributed by atoms with Gasteiger partial charge < -0.3 is 4.74 Å². The molecule has 2 aromatic carbocycles. The number of halogens is 2. The van der Waals surface area contributed by atoms with Gasteiger partial charge in [0.2, 0.25) is 0 Å². The van der Waals surface area contributed by atoms with Crippen LogP contribution in [0.3, 0.4) is 0 Å². The second-order valence-electron chi connectivity index (χ2n) is 6.17. The molecule has 0 atom stereocenters. The Hall–Kier alpha value is -3.49. The van der Waals surface area contributed by atoms with E-state index in [1.807, 2.05) is 0 Å². The lowest BCUT2D eigenvalue weighted by Crippen LogP contribution is -2.43. The van der Waals surface area contributed by atoms with Crippen molar-refractivity contribution in [2.75, 3.05) is 6.61 Å². The lowest BCUT2D eigenvalue weighted by atomic mass is 10.0. The highest BCUT2D eigenvalue weighted by Gasteiger charge is 2.16. The highest BCUT2D eigenvalue weighted by atomic mass is 35.5. The summed E-state index contributed by atoms with van der Waals surface area (Å²) in [5.41, 5.74) is 5.60. The molecule has 0 aliphatic carbocycles. The molecule has 31 heavy (non-hydrogen) atoms. The fraction of sp³-hybridized carbons (Fsp3) is 0.0455. The van der Waals surface area contributed by atoms with Crippen LogP contribution in [0.5, 0.6) is 0 Å². The Labute approximate surface area is 186 Å². The summed E-state index contributed by atoms with van der Waals surface area (Å²) in [5.74, 6) is -2.45. The van der Waals surface area contributed by atoms with E-state index in [2.05, 4.69) is 10.9 Å². The van der Waals surface area contributed by atoms with Crippen molar-refractivity contribution in [3.05, 3.63) is 92.9 Å². The Bertz CT molecular complexity index is 1100. The lowest BCUT2D eigenvalue weighted by molar-refractivity contribution is -0.143. The summed E-state index contributed by atoms with van der Waals surface area (Å²) in [6.07, 6.45) is 1.54. The number of hydrogen-bond acceptors (Lipinski definition) is 5. The molecule has 0 saturated carbocycles. The van der Waals surface area contributed by atoms with Gasteiger partial charge in [-0.05, 0) is 52.9 Å². The number of esters is 1. The molecule has 3 rings (SSSR count). The Morgan fingerprint density at radius 3 is 2.35 bits per heavy atom. The normalized spacial score (nSPS) is 11.0. The van der Waals surface area contributed by atoms with Crippen LogP contribution in [0.2, 0.25) is 5.02 Å². The number of ether oxygens (including phenoxy) is 1. The van der Waals surface area contributed by atoms with Crippen molar-refractivity contribution in [1.82, 2.24) is 10.9 Å². The van der Waals surface area contributed by atoms with Crippen molar-refractivity contribution in [2.45, 2.75) is 0 Å². The minimum atomic E-state index is -0.790. The first-order valence-corrected chi connectivity index (χ1v) is 10.2. The number of benzene rings is 2. The topological polar surface area (TPSA) is 84.5 Å². The summed E-state index contributed by atoms with van der Waals surface area (Å²) in [5, 5.41) is 2.26. The predicted molar refractivity (Wildman–Crippen MR) is 117 cm³/mol. The summed E-state index contributed by atoms with van der Waals surface area (Å²) >= 11 is 7.10. The van der Waals surface area contributed by atoms with Crippen molar-refractivity contribution < 1.29 is 23.5 Å². The number of carbonyl (C=O) groups excluding carboxylic acids is 3. The smallest absolute Gasteiger partial charge is 0.339 e.